The van der Waals surface area contributed by atoms with Gasteiger partial charge in [0.1, 0.15) is 6.04 Å². The van der Waals surface area contributed by atoms with Crippen molar-refractivity contribution in [2.75, 3.05) is 6.54 Å². The largest absolute Gasteiger partial charge is 0.480 e. The van der Waals surface area contributed by atoms with Crippen molar-refractivity contribution in [1.29, 1.82) is 0 Å². The monoisotopic (exact) mass is 129 g/mol. The zero-order chi connectivity index (χ0) is 7.28. The molecule has 3 heteroatoms. The lowest BCUT2D eigenvalue weighted by atomic mass is 10.3. The number of aliphatic carboxylic acids is 1. The van der Waals surface area contributed by atoms with Crippen molar-refractivity contribution in [2.24, 2.45) is 0 Å². The van der Waals surface area contributed by atoms with Crippen LogP contribution in [0.25, 0.3) is 0 Å². The summed E-state index contributed by atoms with van der Waals surface area (Å²) in [6.45, 7) is 5.56. The van der Waals surface area contributed by atoms with Crippen LogP contribution in [0.4, 0.5) is 0 Å². The number of carbonyl (C=O) groups is 1. The number of carboxylic acids is 1. The van der Waals surface area contributed by atoms with Gasteiger partial charge in [0, 0.05) is 6.54 Å². The Hall–Kier alpha value is -0.830. The van der Waals surface area contributed by atoms with E-state index in [4.69, 9.17) is 5.11 Å². The van der Waals surface area contributed by atoms with E-state index in [0.717, 1.165) is 0 Å². The molecule has 2 N–H and O–H groups in total. The van der Waals surface area contributed by atoms with Crippen molar-refractivity contribution < 1.29 is 9.90 Å². The molecule has 52 valence electrons. The highest BCUT2D eigenvalue weighted by Crippen LogP contribution is 1.78. The Kier molecular flexibility index (Phi) is 3.71. The lowest BCUT2D eigenvalue weighted by Gasteiger charge is -2.04. The number of nitrogens with one attached hydrogen (secondary N) is 1. The molecule has 3 nitrogen and oxygen atoms in total. The Labute approximate surface area is 54.4 Å². The molecule has 0 heterocycles. The number of hydrogen-bond acceptors (Lipinski definition) is 2. The standard InChI is InChI=1S/C6H11NO2/c1-3-4-7-5(2)6(8)9/h3,5,7H,1,4H2,2H3,(H,8,9). The fourth-order valence-electron chi connectivity index (χ4n) is 0.347. The maximum absolute atomic E-state index is 10.1. The highest BCUT2D eigenvalue weighted by atomic mass is 16.4. The molecule has 0 aliphatic rings. The first-order chi connectivity index (χ1) is 4.18. The average Bonchev–Trinajstić information content (AvgIpc) is 1.82. The van der Waals surface area contributed by atoms with Crippen molar-refractivity contribution in [3.63, 3.8) is 0 Å². The SMILES string of the molecule is C=CCNC(C)C(=O)O. The molecule has 0 fully saturated rings. The third-order valence-corrected chi connectivity index (χ3v) is 0.939. The van der Waals surface area contributed by atoms with Gasteiger partial charge in [-0.05, 0) is 6.92 Å². The summed E-state index contributed by atoms with van der Waals surface area (Å²) in [6.07, 6.45) is 1.62. The first kappa shape index (κ1) is 8.17. The van der Waals surface area contributed by atoms with Gasteiger partial charge in [-0.1, -0.05) is 6.08 Å². The Balaban J connectivity index is 3.37. The molecule has 0 bridgehead atoms. The van der Waals surface area contributed by atoms with Crippen molar-refractivity contribution in [3.8, 4) is 0 Å². The first-order valence-corrected chi connectivity index (χ1v) is 2.75. The van der Waals surface area contributed by atoms with E-state index in [1.807, 2.05) is 0 Å². The third kappa shape index (κ3) is 3.73. The van der Waals surface area contributed by atoms with Crippen LogP contribution in [0.5, 0.6) is 0 Å². The minimum atomic E-state index is -0.836. The van der Waals surface area contributed by atoms with Gasteiger partial charge in [0.15, 0.2) is 0 Å². The molecule has 0 aromatic carbocycles. The van der Waals surface area contributed by atoms with Crippen LogP contribution in [0.2, 0.25) is 0 Å². The van der Waals surface area contributed by atoms with E-state index in [-0.39, 0.29) is 0 Å². The summed E-state index contributed by atoms with van der Waals surface area (Å²) in [6, 6.07) is -0.483. The maximum atomic E-state index is 10.1. The van der Waals surface area contributed by atoms with Gasteiger partial charge >= 0.3 is 5.97 Å². The van der Waals surface area contributed by atoms with Crippen LogP contribution in [0.1, 0.15) is 6.92 Å². The summed E-state index contributed by atoms with van der Waals surface area (Å²) < 4.78 is 0. The average molecular weight is 129 g/mol. The molecule has 0 rings (SSSR count). The van der Waals surface area contributed by atoms with Crippen LogP contribution in [0.3, 0.4) is 0 Å². The molecule has 0 aromatic rings. The van der Waals surface area contributed by atoms with Crippen molar-refractivity contribution >= 4 is 5.97 Å². The van der Waals surface area contributed by atoms with Gasteiger partial charge in [-0.3, -0.25) is 4.79 Å². The van der Waals surface area contributed by atoms with E-state index in [1.165, 1.54) is 0 Å². The van der Waals surface area contributed by atoms with E-state index in [1.54, 1.807) is 13.0 Å². The molecule has 0 radical (unpaired) electrons. The van der Waals surface area contributed by atoms with Gasteiger partial charge < -0.3 is 10.4 Å². The predicted octanol–water partition coefficient (Wildman–Crippen LogP) is 0.235. The van der Waals surface area contributed by atoms with Crippen molar-refractivity contribution in [3.05, 3.63) is 12.7 Å². The summed E-state index contributed by atoms with van der Waals surface area (Å²) in [5, 5.41) is 11.0. The lowest BCUT2D eigenvalue weighted by Crippen LogP contribution is -2.33. The second kappa shape index (κ2) is 4.09. The zero-order valence-electron chi connectivity index (χ0n) is 5.42. The quantitative estimate of drug-likeness (QED) is 0.534. The highest BCUT2D eigenvalue weighted by Gasteiger charge is 2.06. The van der Waals surface area contributed by atoms with Crippen LogP contribution in [0, 0.1) is 0 Å². The summed E-state index contributed by atoms with van der Waals surface area (Å²) in [5.74, 6) is -0.836. The van der Waals surface area contributed by atoms with E-state index in [2.05, 4.69) is 11.9 Å². The van der Waals surface area contributed by atoms with Crippen LogP contribution in [0.15, 0.2) is 12.7 Å². The van der Waals surface area contributed by atoms with Crippen molar-refractivity contribution in [2.45, 2.75) is 13.0 Å². The number of rotatable bonds is 4. The zero-order valence-corrected chi connectivity index (χ0v) is 5.42. The summed E-state index contributed by atoms with van der Waals surface area (Å²) in [5.41, 5.74) is 0. The smallest absolute Gasteiger partial charge is 0.320 e. The van der Waals surface area contributed by atoms with Gasteiger partial charge in [-0.2, -0.15) is 0 Å². The summed E-state index contributed by atoms with van der Waals surface area (Å²) in [4.78, 5) is 10.1. The van der Waals surface area contributed by atoms with Gasteiger partial charge in [-0.25, -0.2) is 0 Å². The van der Waals surface area contributed by atoms with E-state index >= 15 is 0 Å². The van der Waals surface area contributed by atoms with E-state index < -0.39 is 12.0 Å². The van der Waals surface area contributed by atoms with Crippen LogP contribution < -0.4 is 5.32 Å². The Morgan fingerprint density at radius 2 is 2.56 bits per heavy atom. The maximum Gasteiger partial charge on any atom is 0.320 e. The van der Waals surface area contributed by atoms with E-state index in [0.29, 0.717) is 6.54 Å². The number of hydrogen-bond donors (Lipinski definition) is 2. The Bertz CT molecular complexity index is 112. The number of carboxylic acid groups (broad SMARTS) is 1. The molecule has 0 aliphatic heterocycles. The second-order valence-electron chi connectivity index (χ2n) is 1.76. The first-order valence-electron chi connectivity index (χ1n) is 2.75. The molecule has 0 spiro atoms. The van der Waals surface area contributed by atoms with Crippen LogP contribution >= 0.6 is 0 Å². The van der Waals surface area contributed by atoms with Crippen LogP contribution in [-0.2, 0) is 4.79 Å². The molecule has 0 saturated heterocycles. The Morgan fingerprint density at radius 1 is 2.00 bits per heavy atom. The Morgan fingerprint density at radius 3 is 2.89 bits per heavy atom. The molecule has 0 saturated carbocycles. The molecular weight excluding hydrogens is 118 g/mol. The fraction of sp³-hybridized carbons (Fsp3) is 0.500. The van der Waals surface area contributed by atoms with Crippen LogP contribution in [-0.4, -0.2) is 23.7 Å². The molecule has 0 aliphatic carbocycles. The topological polar surface area (TPSA) is 49.3 Å². The van der Waals surface area contributed by atoms with Gasteiger partial charge in [0.05, 0.1) is 0 Å². The molecular formula is C6H11NO2. The fourth-order valence-corrected chi connectivity index (χ4v) is 0.347. The van der Waals surface area contributed by atoms with Gasteiger partial charge in [0.2, 0.25) is 0 Å². The normalized spacial score (nSPS) is 12.6. The summed E-state index contributed by atoms with van der Waals surface area (Å²) in [7, 11) is 0. The molecule has 0 amide bonds. The molecule has 1 unspecified atom stereocenters. The minimum Gasteiger partial charge on any atom is -0.480 e. The predicted molar refractivity (Wildman–Crippen MR) is 35.3 cm³/mol. The molecule has 1 atom stereocenters. The molecule has 0 aromatic heterocycles. The molecule has 9 heavy (non-hydrogen) atoms. The van der Waals surface area contributed by atoms with Gasteiger partial charge in [0.25, 0.3) is 0 Å². The van der Waals surface area contributed by atoms with Crippen molar-refractivity contribution in [1.82, 2.24) is 5.32 Å². The second-order valence-corrected chi connectivity index (χ2v) is 1.76. The lowest BCUT2D eigenvalue weighted by molar-refractivity contribution is -0.138. The van der Waals surface area contributed by atoms with E-state index in [9.17, 15) is 4.79 Å². The van der Waals surface area contributed by atoms with Gasteiger partial charge in [-0.15, -0.1) is 6.58 Å². The summed E-state index contributed by atoms with van der Waals surface area (Å²) >= 11 is 0. The highest BCUT2D eigenvalue weighted by molar-refractivity contribution is 5.72. The minimum absolute atomic E-state index is 0.483. The third-order valence-electron chi connectivity index (χ3n) is 0.939.